The van der Waals surface area contributed by atoms with Gasteiger partial charge in [-0.15, -0.1) is 0 Å². The van der Waals surface area contributed by atoms with Crippen LogP contribution in [0.1, 0.15) is 15.9 Å². The van der Waals surface area contributed by atoms with Crippen LogP contribution in [0.5, 0.6) is 0 Å². The van der Waals surface area contributed by atoms with Gasteiger partial charge >= 0.3 is 0 Å². The van der Waals surface area contributed by atoms with Gasteiger partial charge in [-0.2, -0.15) is 0 Å². The molecule has 0 aliphatic carbocycles. The molecule has 0 saturated heterocycles. The quantitative estimate of drug-likeness (QED) is 0.279. The molecule has 0 aromatic heterocycles. The molecule has 0 amide bonds. The summed E-state index contributed by atoms with van der Waals surface area (Å²) in [5.41, 5.74) is 5.99. The Morgan fingerprint density at radius 3 is 1.71 bits per heavy atom. The Morgan fingerprint density at radius 1 is 0.536 bits per heavy atom. The smallest absolute Gasteiger partial charge is 0.186 e. The summed E-state index contributed by atoms with van der Waals surface area (Å²) in [5, 5.41) is 0. The van der Waals surface area contributed by atoms with Gasteiger partial charge in [0, 0.05) is 5.56 Å². The first-order valence-electron chi connectivity index (χ1n) is 9.34. The number of allylic oxidation sites excluding steroid dienone is 1. The number of carbonyl (C=O) groups excluding carboxylic acids is 1. The van der Waals surface area contributed by atoms with E-state index in [2.05, 4.69) is 18.2 Å². The van der Waals surface area contributed by atoms with Crippen molar-refractivity contribution in [2.24, 2.45) is 0 Å². The van der Waals surface area contributed by atoms with Crippen molar-refractivity contribution in [2.45, 2.75) is 0 Å². The third kappa shape index (κ3) is 3.84. The fraction of sp³-hybridized carbons (Fsp3) is 0. The van der Waals surface area contributed by atoms with Crippen molar-refractivity contribution in [1.82, 2.24) is 0 Å². The van der Waals surface area contributed by atoms with Crippen LogP contribution in [0.25, 0.3) is 28.3 Å². The summed E-state index contributed by atoms with van der Waals surface area (Å²) in [5.74, 6) is 0.00215. The lowest BCUT2D eigenvalue weighted by Gasteiger charge is -2.08. The molecule has 4 aromatic carbocycles. The van der Waals surface area contributed by atoms with Gasteiger partial charge in [-0.1, -0.05) is 115 Å². The molecule has 1 heteroatoms. The lowest BCUT2D eigenvalue weighted by atomic mass is 9.95. The molecule has 0 saturated carbocycles. The van der Waals surface area contributed by atoms with Gasteiger partial charge in [-0.3, -0.25) is 4.79 Å². The summed E-state index contributed by atoms with van der Waals surface area (Å²) >= 11 is 0. The second-order valence-corrected chi connectivity index (χ2v) is 6.56. The Morgan fingerprint density at radius 2 is 1.04 bits per heavy atom. The molecular weight excluding hydrogens is 340 g/mol. The molecule has 134 valence electrons. The predicted octanol–water partition coefficient (Wildman–Crippen LogP) is 6.92. The molecular formula is C27H20O. The van der Waals surface area contributed by atoms with Crippen molar-refractivity contribution >= 4 is 11.9 Å². The molecule has 0 aliphatic rings. The summed E-state index contributed by atoms with van der Waals surface area (Å²) in [6.07, 6.45) is 3.58. The fourth-order valence-electron chi connectivity index (χ4n) is 3.35. The average Bonchev–Trinajstić information content (AvgIpc) is 2.79. The molecule has 0 aliphatic heterocycles. The zero-order chi connectivity index (χ0) is 19.2. The number of hydrogen-bond donors (Lipinski definition) is 0. The lowest BCUT2D eigenvalue weighted by molar-refractivity contribution is 0.104. The van der Waals surface area contributed by atoms with Crippen molar-refractivity contribution in [3.63, 3.8) is 0 Å². The average molecular weight is 360 g/mol. The van der Waals surface area contributed by atoms with Gasteiger partial charge in [0.25, 0.3) is 0 Å². The minimum atomic E-state index is 0.00215. The Labute approximate surface area is 165 Å². The van der Waals surface area contributed by atoms with Crippen LogP contribution in [0.3, 0.4) is 0 Å². The van der Waals surface area contributed by atoms with Crippen LogP contribution in [0.15, 0.2) is 115 Å². The highest BCUT2D eigenvalue weighted by atomic mass is 16.1. The highest BCUT2D eigenvalue weighted by molar-refractivity contribution is 6.11. The molecule has 4 aromatic rings. The molecule has 4 rings (SSSR count). The summed E-state index contributed by atoms with van der Waals surface area (Å²) in [6, 6.07) is 36.1. The zero-order valence-electron chi connectivity index (χ0n) is 15.5. The Hall–Kier alpha value is -3.71. The summed E-state index contributed by atoms with van der Waals surface area (Å²) in [4.78, 5) is 13.0. The SMILES string of the molecule is O=C(/C=C/c1ccccc1-c1ccccc1)c1ccccc1-c1ccccc1. The van der Waals surface area contributed by atoms with Crippen LogP contribution in [-0.2, 0) is 0 Å². The molecule has 0 fully saturated rings. The molecule has 0 heterocycles. The third-order valence-corrected chi connectivity index (χ3v) is 4.74. The topological polar surface area (TPSA) is 17.1 Å². The Balaban J connectivity index is 1.67. The highest BCUT2D eigenvalue weighted by Gasteiger charge is 2.10. The highest BCUT2D eigenvalue weighted by Crippen LogP contribution is 2.26. The normalized spacial score (nSPS) is 10.9. The maximum absolute atomic E-state index is 13.0. The summed E-state index contributed by atoms with van der Waals surface area (Å²) < 4.78 is 0. The van der Waals surface area contributed by atoms with Crippen LogP contribution < -0.4 is 0 Å². The van der Waals surface area contributed by atoms with Gasteiger partial charge in [0.15, 0.2) is 5.78 Å². The molecule has 0 N–H and O–H groups in total. The number of ketones is 1. The maximum atomic E-state index is 13.0. The van der Waals surface area contributed by atoms with Crippen LogP contribution >= 0.6 is 0 Å². The van der Waals surface area contributed by atoms with E-state index in [4.69, 9.17) is 0 Å². The van der Waals surface area contributed by atoms with Crippen molar-refractivity contribution < 1.29 is 4.79 Å². The minimum Gasteiger partial charge on any atom is -0.289 e. The van der Waals surface area contributed by atoms with E-state index >= 15 is 0 Å². The van der Waals surface area contributed by atoms with Crippen molar-refractivity contribution in [3.05, 3.63) is 126 Å². The van der Waals surface area contributed by atoms with E-state index < -0.39 is 0 Å². The van der Waals surface area contributed by atoms with Crippen LogP contribution in [0.4, 0.5) is 0 Å². The number of benzene rings is 4. The van der Waals surface area contributed by atoms with E-state index in [0.717, 1.165) is 27.8 Å². The number of hydrogen-bond acceptors (Lipinski definition) is 1. The van der Waals surface area contributed by atoms with Crippen molar-refractivity contribution in [2.75, 3.05) is 0 Å². The predicted molar refractivity (Wildman–Crippen MR) is 117 cm³/mol. The second kappa shape index (κ2) is 8.32. The van der Waals surface area contributed by atoms with Crippen LogP contribution in [0.2, 0.25) is 0 Å². The van der Waals surface area contributed by atoms with Gasteiger partial charge in [0.05, 0.1) is 0 Å². The standard InChI is InChI=1S/C27H20O/c28-27(26-18-10-9-17-25(26)22-13-5-2-6-14-22)20-19-23-15-7-8-16-24(23)21-11-3-1-4-12-21/h1-20H/b20-19+. The molecule has 28 heavy (non-hydrogen) atoms. The van der Waals surface area contributed by atoms with Gasteiger partial charge < -0.3 is 0 Å². The molecule has 0 spiro atoms. The van der Waals surface area contributed by atoms with E-state index in [1.165, 1.54) is 0 Å². The Bertz CT molecular complexity index is 1110. The van der Waals surface area contributed by atoms with E-state index in [0.29, 0.717) is 5.56 Å². The van der Waals surface area contributed by atoms with Crippen LogP contribution in [0, 0.1) is 0 Å². The zero-order valence-corrected chi connectivity index (χ0v) is 15.5. The first-order valence-corrected chi connectivity index (χ1v) is 9.34. The fourth-order valence-corrected chi connectivity index (χ4v) is 3.35. The van der Waals surface area contributed by atoms with Crippen LogP contribution in [-0.4, -0.2) is 5.78 Å². The maximum Gasteiger partial charge on any atom is 0.186 e. The third-order valence-electron chi connectivity index (χ3n) is 4.74. The Kier molecular flexibility index (Phi) is 5.26. The lowest BCUT2D eigenvalue weighted by Crippen LogP contribution is -1.97. The summed E-state index contributed by atoms with van der Waals surface area (Å²) in [7, 11) is 0. The summed E-state index contributed by atoms with van der Waals surface area (Å²) in [6.45, 7) is 0. The van der Waals surface area contributed by atoms with E-state index in [1.807, 2.05) is 97.1 Å². The van der Waals surface area contributed by atoms with E-state index in [-0.39, 0.29) is 5.78 Å². The van der Waals surface area contributed by atoms with Crippen molar-refractivity contribution in [1.29, 1.82) is 0 Å². The molecule has 0 radical (unpaired) electrons. The van der Waals surface area contributed by atoms with E-state index in [1.54, 1.807) is 6.08 Å². The molecule has 0 unspecified atom stereocenters. The number of carbonyl (C=O) groups is 1. The number of rotatable bonds is 5. The molecule has 0 atom stereocenters. The van der Waals surface area contributed by atoms with Crippen molar-refractivity contribution in [3.8, 4) is 22.3 Å². The second-order valence-electron chi connectivity index (χ2n) is 6.56. The largest absolute Gasteiger partial charge is 0.289 e. The van der Waals surface area contributed by atoms with Gasteiger partial charge in [0.2, 0.25) is 0 Å². The first kappa shape index (κ1) is 17.7. The first-order chi connectivity index (χ1) is 13.8. The molecule has 1 nitrogen and oxygen atoms in total. The molecule has 0 bridgehead atoms. The van der Waals surface area contributed by atoms with Gasteiger partial charge in [0.1, 0.15) is 0 Å². The minimum absolute atomic E-state index is 0.00215. The van der Waals surface area contributed by atoms with E-state index in [9.17, 15) is 4.79 Å². The van der Waals surface area contributed by atoms with Gasteiger partial charge in [-0.05, 0) is 33.9 Å². The van der Waals surface area contributed by atoms with Gasteiger partial charge in [-0.25, -0.2) is 0 Å². The monoisotopic (exact) mass is 360 g/mol.